The van der Waals surface area contributed by atoms with Crippen molar-refractivity contribution in [2.75, 3.05) is 0 Å². The van der Waals surface area contributed by atoms with E-state index in [9.17, 15) is 4.79 Å². The maximum Gasteiger partial charge on any atom is 0.154 e. The molecule has 0 aliphatic carbocycles. The van der Waals surface area contributed by atoms with Gasteiger partial charge in [-0.1, -0.05) is 12.2 Å². The SMILES string of the molecule is O=Cc1c[nH][nH]c1=S. The van der Waals surface area contributed by atoms with Gasteiger partial charge in [0.25, 0.3) is 0 Å². The Morgan fingerprint density at radius 3 is 2.75 bits per heavy atom. The number of hydrogen-bond donors (Lipinski definition) is 2. The number of rotatable bonds is 1. The highest BCUT2D eigenvalue weighted by Crippen LogP contribution is 1.90. The van der Waals surface area contributed by atoms with Crippen molar-refractivity contribution < 1.29 is 4.79 Å². The Labute approximate surface area is 50.7 Å². The largest absolute Gasteiger partial charge is 0.307 e. The van der Waals surface area contributed by atoms with E-state index in [2.05, 4.69) is 22.4 Å². The van der Waals surface area contributed by atoms with Crippen LogP contribution in [0.15, 0.2) is 6.20 Å². The van der Waals surface area contributed by atoms with Gasteiger partial charge in [-0.2, -0.15) is 0 Å². The average Bonchev–Trinajstić information content (AvgIpc) is 2.14. The summed E-state index contributed by atoms with van der Waals surface area (Å²) in [4.78, 5) is 9.98. The van der Waals surface area contributed by atoms with Crippen molar-refractivity contribution >= 4 is 18.5 Å². The first-order chi connectivity index (χ1) is 3.84. The van der Waals surface area contributed by atoms with E-state index < -0.39 is 0 Å². The predicted molar refractivity (Wildman–Crippen MR) is 31.4 cm³/mol. The summed E-state index contributed by atoms with van der Waals surface area (Å²) in [5, 5.41) is 5.17. The van der Waals surface area contributed by atoms with E-state index in [0.29, 0.717) is 16.5 Å². The number of aromatic amines is 2. The zero-order valence-electron chi connectivity index (χ0n) is 3.97. The van der Waals surface area contributed by atoms with E-state index in [4.69, 9.17) is 0 Å². The fourth-order valence-electron chi connectivity index (χ4n) is 0.405. The minimum Gasteiger partial charge on any atom is -0.307 e. The van der Waals surface area contributed by atoms with E-state index in [0.717, 1.165) is 0 Å². The van der Waals surface area contributed by atoms with Gasteiger partial charge in [0.1, 0.15) is 4.64 Å². The summed E-state index contributed by atoms with van der Waals surface area (Å²) in [6.45, 7) is 0. The maximum absolute atomic E-state index is 9.98. The molecule has 0 unspecified atom stereocenters. The molecule has 0 saturated heterocycles. The molecule has 1 heterocycles. The number of hydrogen-bond acceptors (Lipinski definition) is 2. The van der Waals surface area contributed by atoms with Gasteiger partial charge in [0, 0.05) is 6.20 Å². The molecule has 0 atom stereocenters. The summed E-state index contributed by atoms with van der Waals surface area (Å²) in [5.41, 5.74) is 0.500. The van der Waals surface area contributed by atoms with Crippen LogP contribution in [-0.4, -0.2) is 16.5 Å². The number of aromatic nitrogens is 2. The second-order valence-corrected chi connectivity index (χ2v) is 1.72. The van der Waals surface area contributed by atoms with Crippen LogP contribution < -0.4 is 0 Å². The Kier molecular flexibility index (Phi) is 1.26. The van der Waals surface area contributed by atoms with E-state index in [1.54, 1.807) is 0 Å². The zero-order valence-corrected chi connectivity index (χ0v) is 4.79. The third-order valence-electron chi connectivity index (χ3n) is 0.803. The fraction of sp³-hybridized carbons (Fsp3) is 0. The molecule has 0 amide bonds. The summed E-state index contributed by atoms with van der Waals surface area (Å²) in [5.74, 6) is 0. The molecular weight excluding hydrogens is 124 g/mol. The quantitative estimate of drug-likeness (QED) is 0.435. The van der Waals surface area contributed by atoms with Crippen molar-refractivity contribution in [3.63, 3.8) is 0 Å². The molecule has 0 spiro atoms. The lowest BCUT2D eigenvalue weighted by atomic mass is 10.4. The Bertz CT molecular complexity index is 236. The first-order valence-electron chi connectivity index (χ1n) is 2.06. The predicted octanol–water partition coefficient (Wildman–Crippen LogP) is 0.885. The molecule has 0 bridgehead atoms. The lowest BCUT2D eigenvalue weighted by molar-refractivity contribution is 0.112. The van der Waals surface area contributed by atoms with Crippen LogP contribution in [-0.2, 0) is 0 Å². The average molecular weight is 128 g/mol. The Morgan fingerprint density at radius 1 is 1.75 bits per heavy atom. The van der Waals surface area contributed by atoms with E-state index >= 15 is 0 Å². The highest BCUT2D eigenvalue weighted by Gasteiger charge is 1.89. The van der Waals surface area contributed by atoms with Crippen molar-refractivity contribution in [1.29, 1.82) is 0 Å². The van der Waals surface area contributed by atoms with Crippen molar-refractivity contribution in [2.45, 2.75) is 0 Å². The van der Waals surface area contributed by atoms with Gasteiger partial charge < -0.3 is 5.10 Å². The molecule has 42 valence electrons. The van der Waals surface area contributed by atoms with Crippen LogP contribution in [0.2, 0.25) is 0 Å². The standard InChI is InChI=1S/C4H4N2OS/c7-2-3-1-5-6-4(3)8/h1-2H,(H2,5,6,8). The van der Waals surface area contributed by atoms with Crippen LogP contribution in [0.1, 0.15) is 10.4 Å². The normalized spacial score (nSPS) is 9.00. The molecule has 3 nitrogen and oxygen atoms in total. The van der Waals surface area contributed by atoms with Gasteiger partial charge >= 0.3 is 0 Å². The molecule has 1 aromatic rings. The highest BCUT2D eigenvalue weighted by atomic mass is 32.1. The number of carbonyl (C=O) groups excluding carboxylic acids is 1. The van der Waals surface area contributed by atoms with Crippen LogP contribution >= 0.6 is 12.2 Å². The van der Waals surface area contributed by atoms with Gasteiger partial charge in [-0.15, -0.1) is 0 Å². The molecule has 4 heteroatoms. The third-order valence-corrected chi connectivity index (χ3v) is 1.14. The molecule has 1 aromatic heterocycles. The second kappa shape index (κ2) is 1.92. The van der Waals surface area contributed by atoms with E-state index in [1.807, 2.05) is 0 Å². The smallest absolute Gasteiger partial charge is 0.154 e. The molecule has 8 heavy (non-hydrogen) atoms. The molecule has 0 aliphatic heterocycles. The van der Waals surface area contributed by atoms with Gasteiger partial charge in [-0.3, -0.25) is 9.89 Å². The molecule has 0 radical (unpaired) electrons. The summed E-state index contributed by atoms with van der Waals surface area (Å²) >= 11 is 4.67. The first kappa shape index (κ1) is 5.24. The summed E-state index contributed by atoms with van der Waals surface area (Å²) in [6.07, 6.45) is 2.23. The van der Waals surface area contributed by atoms with Crippen molar-refractivity contribution in [3.05, 3.63) is 16.4 Å². The highest BCUT2D eigenvalue weighted by molar-refractivity contribution is 7.71. The van der Waals surface area contributed by atoms with Gasteiger partial charge in [-0.05, 0) is 0 Å². The zero-order chi connectivity index (χ0) is 5.98. The van der Waals surface area contributed by atoms with Gasteiger partial charge in [0.15, 0.2) is 6.29 Å². The van der Waals surface area contributed by atoms with Gasteiger partial charge in [-0.25, -0.2) is 0 Å². The van der Waals surface area contributed by atoms with Crippen molar-refractivity contribution in [2.24, 2.45) is 0 Å². The third kappa shape index (κ3) is 0.696. The summed E-state index contributed by atoms with van der Waals surface area (Å²) in [6, 6.07) is 0. The molecule has 0 aliphatic rings. The lowest BCUT2D eigenvalue weighted by Crippen LogP contribution is -1.70. The monoisotopic (exact) mass is 128 g/mol. The number of aldehydes is 1. The fourth-order valence-corrected chi connectivity index (χ4v) is 0.571. The summed E-state index contributed by atoms with van der Waals surface area (Å²) in [7, 11) is 0. The Hall–Kier alpha value is -0.900. The molecule has 2 N–H and O–H groups in total. The maximum atomic E-state index is 9.98. The molecule has 0 fully saturated rings. The number of carbonyl (C=O) groups is 1. The lowest BCUT2D eigenvalue weighted by Gasteiger charge is -1.67. The van der Waals surface area contributed by atoms with Crippen molar-refractivity contribution in [1.82, 2.24) is 10.2 Å². The Balaban J connectivity index is 3.30. The van der Waals surface area contributed by atoms with E-state index in [-0.39, 0.29) is 0 Å². The second-order valence-electron chi connectivity index (χ2n) is 1.32. The number of H-pyrrole nitrogens is 2. The van der Waals surface area contributed by atoms with Gasteiger partial charge in [0.05, 0.1) is 5.56 Å². The molecule has 0 saturated carbocycles. The van der Waals surface area contributed by atoms with Crippen LogP contribution in [0.4, 0.5) is 0 Å². The number of nitrogens with one attached hydrogen (secondary N) is 2. The minimum atomic E-state index is 0.458. The first-order valence-corrected chi connectivity index (χ1v) is 2.46. The molecular formula is C4H4N2OS. The van der Waals surface area contributed by atoms with Crippen molar-refractivity contribution in [3.8, 4) is 0 Å². The summed E-state index contributed by atoms with van der Waals surface area (Å²) < 4.78 is 0.458. The topological polar surface area (TPSA) is 48.6 Å². The van der Waals surface area contributed by atoms with Gasteiger partial charge in [0.2, 0.25) is 0 Å². The molecule has 0 aromatic carbocycles. The van der Waals surface area contributed by atoms with Crippen LogP contribution in [0.25, 0.3) is 0 Å². The van der Waals surface area contributed by atoms with Crippen LogP contribution in [0.3, 0.4) is 0 Å². The van der Waals surface area contributed by atoms with Crippen LogP contribution in [0, 0.1) is 4.64 Å². The van der Waals surface area contributed by atoms with Crippen LogP contribution in [0.5, 0.6) is 0 Å². The molecule has 1 rings (SSSR count). The van der Waals surface area contributed by atoms with E-state index in [1.165, 1.54) is 6.20 Å². The minimum absolute atomic E-state index is 0.458. The Morgan fingerprint density at radius 2 is 2.50 bits per heavy atom.